The van der Waals surface area contributed by atoms with E-state index in [0.29, 0.717) is 32.2 Å². The second-order valence-corrected chi connectivity index (χ2v) is 8.29. The summed E-state index contributed by atoms with van der Waals surface area (Å²) in [6, 6.07) is 7.41. The Labute approximate surface area is 155 Å². The van der Waals surface area contributed by atoms with E-state index >= 15 is 0 Å². The van der Waals surface area contributed by atoms with Crippen LogP contribution in [0.3, 0.4) is 0 Å². The number of likely N-dealkylation sites (tertiary alicyclic amines) is 1. The fraction of sp³-hybridized carbons (Fsp3) is 0.667. The molecule has 5 nitrogen and oxygen atoms in total. The van der Waals surface area contributed by atoms with Crippen molar-refractivity contribution < 1.29 is 19.7 Å². The molecule has 3 atom stereocenters. The summed E-state index contributed by atoms with van der Waals surface area (Å²) in [6.45, 7) is 0.537. The van der Waals surface area contributed by atoms with Crippen LogP contribution in [0, 0.1) is 5.92 Å². The molecule has 3 aliphatic rings. The van der Waals surface area contributed by atoms with Crippen LogP contribution in [0.1, 0.15) is 50.5 Å². The van der Waals surface area contributed by atoms with Gasteiger partial charge in [-0.2, -0.15) is 0 Å². The minimum Gasteiger partial charge on any atom is -0.497 e. The van der Waals surface area contributed by atoms with Gasteiger partial charge in [0.15, 0.2) is 0 Å². The summed E-state index contributed by atoms with van der Waals surface area (Å²) in [5.74, 6) is 1.06. The Kier molecular flexibility index (Phi) is 4.48. The Morgan fingerprint density at radius 3 is 2.50 bits per heavy atom. The third-order valence-electron chi connectivity index (χ3n) is 6.70. The van der Waals surface area contributed by atoms with Crippen LogP contribution in [0.5, 0.6) is 5.75 Å². The SMILES string of the molecule is COc1ccc(CC2N(C(=O)C3CC3)CCC3(O)CCCCC23O)cc1. The fourth-order valence-corrected chi connectivity index (χ4v) is 4.89. The predicted molar refractivity (Wildman–Crippen MR) is 97.9 cm³/mol. The van der Waals surface area contributed by atoms with Crippen LogP contribution in [0.2, 0.25) is 0 Å². The molecule has 1 aromatic rings. The van der Waals surface area contributed by atoms with Crippen molar-refractivity contribution in [3.05, 3.63) is 29.8 Å². The van der Waals surface area contributed by atoms with Gasteiger partial charge in [0.1, 0.15) is 11.4 Å². The van der Waals surface area contributed by atoms with Crippen molar-refractivity contribution in [2.45, 2.75) is 68.6 Å². The molecule has 5 heteroatoms. The van der Waals surface area contributed by atoms with Gasteiger partial charge in [-0.1, -0.05) is 25.0 Å². The van der Waals surface area contributed by atoms with E-state index in [4.69, 9.17) is 4.74 Å². The molecule has 0 aromatic heterocycles. The van der Waals surface area contributed by atoms with Crippen LogP contribution < -0.4 is 4.74 Å². The number of hydrogen-bond donors (Lipinski definition) is 2. The number of fused-ring (bicyclic) bond motifs is 1. The number of methoxy groups -OCH3 is 1. The van der Waals surface area contributed by atoms with Crippen molar-refractivity contribution in [3.8, 4) is 5.75 Å². The van der Waals surface area contributed by atoms with Crippen molar-refractivity contribution in [2.75, 3.05) is 13.7 Å². The molecule has 1 aromatic carbocycles. The van der Waals surface area contributed by atoms with Gasteiger partial charge in [-0.25, -0.2) is 0 Å². The lowest BCUT2D eigenvalue weighted by Crippen LogP contribution is -2.72. The van der Waals surface area contributed by atoms with Crippen LogP contribution >= 0.6 is 0 Å². The van der Waals surface area contributed by atoms with Crippen LogP contribution in [0.25, 0.3) is 0 Å². The van der Waals surface area contributed by atoms with Gasteiger partial charge < -0.3 is 19.8 Å². The number of hydrogen-bond acceptors (Lipinski definition) is 4. The summed E-state index contributed by atoms with van der Waals surface area (Å²) in [6.07, 6.45) is 5.93. The van der Waals surface area contributed by atoms with Crippen LogP contribution in [0.4, 0.5) is 0 Å². The summed E-state index contributed by atoms with van der Waals surface area (Å²) < 4.78 is 5.23. The molecule has 0 spiro atoms. The Bertz CT molecular complexity index is 671. The topological polar surface area (TPSA) is 70.0 Å². The van der Waals surface area contributed by atoms with E-state index in [0.717, 1.165) is 37.0 Å². The number of nitrogens with zero attached hydrogens (tertiary/aromatic N) is 1. The average molecular weight is 359 g/mol. The van der Waals surface area contributed by atoms with Gasteiger partial charge >= 0.3 is 0 Å². The van der Waals surface area contributed by atoms with Crippen molar-refractivity contribution in [1.82, 2.24) is 4.90 Å². The molecule has 4 rings (SSSR count). The van der Waals surface area contributed by atoms with Crippen molar-refractivity contribution in [3.63, 3.8) is 0 Å². The minimum absolute atomic E-state index is 0.117. The molecule has 26 heavy (non-hydrogen) atoms. The normalized spacial score (nSPS) is 34.3. The molecule has 1 amide bonds. The van der Waals surface area contributed by atoms with Crippen LogP contribution in [0.15, 0.2) is 24.3 Å². The third-order valence-corrected chi connectivity index (χ3v) is 6.70. The second-order valence-electron chi connectivity index (χ2n) is 8.29. The first-order chi connectivity index (χ1) is 12.5. The molecule has 142 valence electrons. The number of aliphatic hydroxyl groups is 2. The zero-order chi connectivity index (χ0) is 18.4. The van der Waals surface area contributed by atoms with E-state index in [-0.39, 0.29) is 17.9 Å². The number of ether oxygens (including phenoxy) is 1. The summed E-state index contributed by atoms with van der Waals surface area (Å²) in [5, 5.41) is 22.9. The lowest BCUT2D eigenvalue weighted by Gasteiger charge is -2.58. The zero-order valence-electron chi connectivity index (χ0n) is 15.5. The van der Waals surface area contributed by atoms with E-state index < -0.39 is 11.2 Å². The molecule has 2 saturated carbocycles. The highest BCUT2D eigenvalue weighted by Crippen LogP contribution is 2.48. The largest absolute Gasteiger partial charge is 0.497 e. The summed E-state index contributed by atoms with van der Waals surface area (Å²) in [7, 11) is 1.64. The zero-order valence-corrected chi connectivity index (χ0v) is 15.5. The highest BCUT2D eigenvalue weighted by Gasteiger charge is 2.60. The number of benzene rings is 1. The third kappa shape index (κ3) is 2.91. The molecule has 1 saturated heterocycles. The van der Waals surface area contributed by atoms with E-state index in [1.54, 1.807) is 7.11 Å². The first-order valence-electron chi connectivity index (χ1n) is 9.85. The second kappa shape index (κ2) is 6.54. The Hall–Kier alpha value is -1.59. The first kappa shape index (κ1) is 17.8. The summed E-state index contributed by atoms with van der Waals surface area (Å²) in [4.78, 5) is 14.8. The van der Waals surface area contributed by atoms with Crippen molar-refractivity contribution in [2.24, 2.45) is 5.92 Å². The molecule has 0 radical (unpaired) electrons. The Morgan fingerprint density at radius 1 is 1.15 bits per heavy atom. The van der Waals surface area contributed by atoms with Gasteiger partial charge in [-0.3, -0.25) is 4.79 Å². The average Bonchev–Trinajstić information content (AvgIpc) is 3.48. The van der Waals surface area contributed by atoms with E-state index in [1.807, 2.05) is 29.2 Å². The molecule has 1 aliphatic heterocycles. The van der Waals surface area contributed by atoms with Gasteiger partial charge in [-0.15, -0.1) is 0 Å². The summed E-state index contributed by atoms with van der Waals surface area (Å²) >= 11 is 0. The van der Waals surface area contributed by atoms with E-state index in [1.165, 1.54) is 0 Å². The molecule has 2 aliphatic carbocycles. The molecule has 3 unspecified atom stereocenters. The van der Waals surface area contributed by atoms with Gasteiger partial charge in [0.25, 0.3) is 0 Å². The molecule has 2 N–H and O–H groups in total. The lowest BCUT2D eigenvalue weighted by atomic mass is 9.62. The Balaban J connectivity index is 1.66. The minimum atomic E-state index is -1.23. The number of rotatable bonds is 4. The molecular weight excluding hydrogens is 330 g/mol. The molecular formula is C21H29NO4. The van der Waals surface area contributed by atoms with Gasteiger partial charge in [0.05, 0.1) is 18.8 Å². The lowest BCUT2D eigenvalue weighted by molar-refractivity contribution is -0.233. The fourth-order valence-electron chi connectivity index (χ4n) is 4.89. The Morgan fingerprint density at radius 2 is 1.85 bits per heavy atom. The molecule has 1 heterocycles. The van der Waals surface area contributed by atoms with Crippen LogP contribution in [-0.2, 0) is 11.2 Å². The number of carbonyl (C=O) groups excluding carboxylic acids is 1. The van der Waals surface area contributed by atoms with Crippen molar-refractivity contribution in [1.29, 1.82) is 0 Å². The highest BCUT2D eigenvalue weighted by molar-refractivity contribution is 5.81. The van der Waals surface area contributed by atoms with Crippen molar-refractivity contribution >= 4 is 5.91 Å². The van der Waals surface area contributed by atoms with E-state index in [9.17, 15) is 15.0 Å². The maximum absolute atomic E-state index is 12.9. The van der Waals surface area contributed by atoms with Crippen LogP contribution in [-0.4, -0.2) is 51.9 Å². The number of piperidine rings is 1. The maximum Gasteiger partial charge on any atom is 0.226 e. The van der Waals surface area contributed by atoms with E-state index in [2.05, 4.69) is 0 Å². The monoisotopic (exact) mass is 359 g/mol. The quantitative estimate of drug-likeness (QED) is 0.865. The van der Waals surface area contributed by atoms with Gasteiger partial charge in [-0.05, 0) is 56.2 Å². The highest BCUT2D eigenvalue weighted by atomic mass is 16.5. The first-order valence-corrected chi connectivity index (χ1v) is 9.85. The smallest absolute Gasteiger partial charge is 0.226 e. The number of carbonyl (C=O) groups is 1. The molecule has 3 fully saturated rings. The standard InChI is InChI=1S/C21H29NO4/c1-26-17-8-4-15(5-9-17)14-18-21(25)11-3-2-10-20(21,24)12-13-22(18)19(23)16-6-7-16/h4-5,8-9,16,18,24-25H,2-3,6-7,10-14H2,1H3. The number of amides is 1. The maximum atomic E-state index is 12.9. The van der Waals surface area contributed by atoms with Gasteiger partial charge in [0.2, 0.25) is 5.91 Å². The summed E-state index contributed by atoms with van der Waals surface area (Å²) in [5.41, 5.74) is -1.26. The predicted octanol–water partition coefficient (Wildman–Crippen LogP) is 2.28. The van der Waals surface area contributed by atoms with Gasteiger partial charge in [0, 0.05) is 12.5 Å². The molecule has 0 bridgehead atoms.